The van der Waals surface area contributed by atoms with Gasteiger partial charge in [-0.15, -0.1) is 11.8 Å². The van der Waals surface area contributed by atoms with Gasteiger partial charge >= 0.3 is 0 Å². The molecule has 2 heteroatoms. The van der Waals surface area contributed by atoms with Crippen molar-refractivity contribution in [3.63, 3.8) is 0 Å². The van der Waals surface area contributed by atoms with E-state index in [1.807, 2.05) is 6.92 Å². The Morgan fingerprint density at radius 3 is 2.13 bits per heavy atom. The summed E-state index contributed by atoms with van der Waals surface area (Å²) in [5.41, 5.74) is 2.96. The Bertz CT molecular complexity index is 184. The first-order chi connectivity index (χ1) is 7.29. The van der Waals surface area contributed by atoms with E-state index < -0.39 is 0 Å². The van der Waals surface area contributed by atoms with Gasteiger partial charge < -0.3 is 0 Å². The van der Waals surface area contributed by atoms with Crippen LogP contribution in [0.1, 0.15) is 59.3 Å². The summed E-state index contributed by atoms with van der Waals surface area (Å²) < 4.78 is 0. The van der Waals surface area contributed by atoms with E-state index in [0.29, 0.717) is 12.0 Å². The van der Waals surface area contributed by atoms with E-state index in [1.165, 1.54) is 25.7 Å². The SMILES string of the molecule is CC#CCCC(NN)C(CCC)CCC. The van der Waals surface area contributed by atoms with Gasteiger partial charge in [0.2, 0.25) is 0 Å². The van der Waals surface area contributed by atoms with Crippen molar-refractivity contribution < 1.29 is 0 Å². The first kappa shape index (κ1) is 14.5. The highest BCUT2D eigenvalue weighted by atomic mass is 15.2. The number of nitrogens with two attached hydrogens (primary N) is 1. The largest absolute Gasteiger partial charge is 0.271 e. The van der Waals surface area contributed by atoms with Crippen LogP contribution in [0.5, 0.6) is 0 Å². The molecular formula is C13H26N2. The molecule has 0 bridgehead atoms. The molecule has 3 N–H and O–H groups in total. The highest BCUT2D eigenvalue weighted by Gasteiger charge is 2.17. The molecule has 1 atom stereocenters. The second-order valence-corrected chi connectivity index (χ2v) is 4.08. The molecule has 0 saturated carbocycles. The molecule has 0 aliphatic rings. The molecule has 15 heavy (non-hydrogen) atoms. The average molecular weight is 210 g/mol. The van der Waals surface area contributed by atoms with Gasteiger partial charge in [0.15, 0.2) is 0 Å². The fraction of sp³-hybridized carbons (Fsp3) is 0.846. The van der Waals surface area contributed by atoms with Crippen molar-refractivity contribution in [1.82, 2.24) is 5.43 Å². The van der Waals surface area contributed by atoms with Gasteiger partial charge in [0.1, 0.15) is 0 Å². The lowest BCUT2D eigenvalue weighted by atomic mass is 9.88. The number of rotatable bonds is 8. The highest BCUT2D eigenvalue weighted by molar-refractivity contribution is 4.95. The van der Waals surface area contributed by atoms with Crippen LogP contribution in [0.4, 0.5) is 0 Å². The summed E-state index contributed by atoms with van der Waals surface area (Å²) in [6.07, 6.45) is 7.03. The van der Waals surface area contributed by atoms with E-state index in [1.54, 1.807) is 0 Å². The second-order valence-electron chi connectivity index (χ2n) is 4.08. The topological polar surface area (TPSA) is 38.0 Å². The third-order valence-corrected chi connectivity index (χ3v) is 2.86. The van der Waals surface area contributed by atoms with E-state index in [-0.39, 0.29) is 0 Å². The average Bonchev–Trinajstić information content (AvgIpc) is 2.24. The van der Waals surface area contributed by atoms with Gasteiger partial charge in [-0.05, 0) is 32.1 Å². The maximum Gasteiger partial charge on any atom is 0.0247 e. The van der Waals surface area contributed by atoms with Crippen LogP contribution in [0.3, 0.4) is 0 Å². The first-order valence-corrected chi connectivity index (χ1v) is 6.15. The normalized spacial score (nSPS) is 12.3. The molecule has 0 amide bonds. The van der Waals surface area contributed by atoms with Crippen molar-refractivity contribution >= 4 is 0 Å². The van der Waals surface area contributed by atoms with Crippen LogP contribution in [0.25, 0.3) is 0 Å². The van der Waals surface area contributed by atoms with Crippen LogP contribution in [0.2, 0.25) is 0 Å². The van der Waals surface area contributed by atoms with Crippen LogP contribution in [-0.4, -0.2) is 6.04 Å². The summed E-state index contributed by atoms with van der Waals surface area (Å²) in [7, 11) is 0. The predicted octanol–water partition coefficient (Wildman–Crippen LogP) is 2.84. The summed E-state index contributed by atoms with van der Waals surface area (Å²) in [6.45, 7) is 6.37. The van der Waals surface area contributed by atoms with Crippen molar-refractivity contribution in [3.05, 3.63) is 0 Å². The Labute approximate surface area is 95.0 Å². The predicted molar refractivity (Wildman–Crippen MR) is 67.1 cm³/mol. The zero-order valence-corrected chi connectivity index (χ0v) is 10.5. The summed E-state index contributed by atoms with van der Waals surface area (Å²) in [5, 5.41) is 0. The Hall–Kier alpha value is -0.520. The summed E-state index contributed by atoms with van der Waals surface area (Å²) >= 11 is 0. The minimum atomic E-state index is 0.436. The molecule has 0 radical (unpaired) electrons. The van der Waals surface area contributed by atoms with E-state index in [9.17, 15) is 0 Å². The van der Waals surface area contributed by atoms with Gasteiger partial charge in [0, 0.05) is 12.5 Å². The van der Waals surface area contributed by atoms with E-state index in [0.717, 1.165) is 12.8 Å². The third-order valence-electron chi connectivity index (χ3n) is 2.86. The van der Waals surface area contributed by atoms with Gasteiger partial charge in [0.25, 0.3) is 0 Å². The third kappa shape index (κ3) is 6.54. The minimum Gasteiger partial charge on any atom is -0.271 e. The van der Waals surface area contributed by atoms with Crippen LogP contribution in [0, 0.1) is 17.8 Å². The standard InChI is InChI=1S/C13H26N2/c1-4-7-8-11-13(15-14)12(9-5-2)10-6-3/h12-13,15H,5-6,8-11,14H2,1-3H3. The molecule has 88 valence electrons. The molecule has 0 heterocycles. The number of hydrogen-bond acceptors (Lipinski definition) is 2. The molecule has 0 fully saturated rings. The molecule has 1 unspecified atom stereocenters. The van der Waals surface area contributed by atoms with Crippen molar-refractivity contribution in [2.24, 2.45) is 11.8 Å². The van der Waals surface area contributed by atoms with Crippen molar-refractivity contribution in [1.29, 1.82) is 0 Å². The Kier molecular flexibility index (Phi) is 9.67. The van der Waals surface area contributed by atoms with Gasteiger partial charge in [0.05, 0.1) is 0 Å². The van der Waals surface area contributed by atoms with Crippen LogP contribution in [0.15, 0.2) is 0 Å². The van der Waals surface area contributed by atoms with E-state index in [2.05, 4.69) is 31.1 Å². The summed E-state index contributed by atoms with van der Waals surface area (Å²) in [4.78, 5) is 0. The number of hydrogen-bond donors (Lipinski definition) is 2. The minimum absolute atomic E-state index is 0.436. The maximum absolute atomic E-state index is 5.62. The molecule has 0 aliphatic heterocycles. The fourth-order valence-corrected chi connectivity index (χ4v) is 2.10. The zero-order chi connectivity index (χ0) is 11.5. The lowest BCUT2D eigenvalue weighted by Crippen LogP contribution is -2.40. The van der Waals surface area contributed by atoms with Crippen LogP contribution >= 0.6 is 0 Å². The van der Waals surface area contributed by atoms with E-state index >= 15 is 0 Å². The fourth-order valence-electron chi connectivity index (χ4n) is 2.10. The van der Waals surface area contributed by atoms with Crippen LogP contribution in [-0.2, 0) is 0 Å². The molecule has 0 saturated heterocycles. The summed E-state index contributed by atoms with van der Waals surface area (Å²) in [6, 6.07) is 0.436. The first-order valence-electron chi connectivity index (χ1n) is 6.15. The van der Waals surface area contributed by atoms with Crippen LogP contribution < -0.4 is 11.3 Å². The van der Waals surface area contributed by atoms with Gasteiger partial charge in [-0.1, -0.05) is 26.7 Å². The maximum atomic E-state index is 5.62. The monoisotopic (exact) mass is 210 g/mol. The number of hydrazine groups is 1. The molecule has 0 aromatic rings. The Morgan fingerprint density at radius 2 is 1.73 bits per heavy atom. The van der Waals surface area contributed by atoms with Gasteiger partial charge in [-0.3, -0.25) is 11.3 Å². The molecule has 0 rings (SSSR count). The van der Waals surface area contributed by atoms with Gasteiger partial charge in [-0.25, -0.2) is 0 Å². The van der Waals surface area contributed by atoms with Gasteiger partial charge in [-0.2, -0.15) is 0 Å². The van der Waals surface area contributed by atoms with Crippen molar-refractivity contribution in [2.75, 3.05) is 0 Å². The number of nitrogens with one attached hydrogen (secondary N) is 1. The van der Waals surface area contributed by atoms with Crippen molar-refractivity contribution in [2.45, 2.75) is 65.3 Å². The lowest BCUT2D eigenvalue weighted by Gasteiger charge is -2.25. The second kappa shape index (κ2) is 10.0. The lowest BCUT2D eigenvalue weighted by molar-refractivity contribution is 0.301. The smallest absolute Gasteiger partial charge is 0.0247 e. The molecule has 0 aliphatic carbocycles. The van der Waals surface area contributed by atoms with Crippen molar-refractivity contribution in [3.8, 4) is 11.8 Å². The molecular weight excluding hydrogens is 184 g/mol. The molecule has 2 nitrogen and oxygen atoms in total. The highest BCUT2D eigenvalue weighted by Crippen LogP contribution is 2.20. The molecule has 0 spiro atoms. The quantitative estimate of drug-likeness (QED) is 0.367. The zero-order valence-electron chi connectivity index (χ0n) is 10.5. The van der Waals surface area contributed by atoms with E-state index in [4.69, 9.17) is 5.84 Å². The molecule has 0 aromatic heterocycles. The Balaban J connectivity index is 4.08. The summed E-state index contributed by atoms with van der Waals surface area (Å²) in [5.74, 6) is 12.4. The molecule has 0 aromatic carbocycles. The Morgan fingerprint density at radius 1 is 1.13 bits per heavy atom.